The summed E-state index contributed by atoms with van der Waals surface area (Å²) in [5.74, 6) is 7.28. The molecule has 0 aromatic carbocycles. The summed E-state index contributed by atoms with van der Waals surface area (Å²) in [4.78, 5) is 11.0. The van der Waals surface area contributed by atoms with Crippen LogP contribution in [-0.4, -0.2) is 36.1 Å². The second-order valence-electron chi connectivity index (χ2n) is 4.37. The van der Waals surface area contributed by atoms with Crippen LogP contribution in [0.25, 0.3) is 0 Å². The van der Waals surface area contributed by atoms with Crippen molar-refractivity contribution in [3.05, 3.63) is 18.1 Å². The molecule has 1 aromatic heterocycles. The van der Waals surface area contributed by atoms with Crippen LogP contribution < -0.4 is 10.2 Å². The van der Waals surface area contributed by atoms with Crippen molar-refractivity contribution in [2.24, 2.45) is 0 Å². The van der Waals surface area contributed by atoms with Gasteiger partial charge in [0.05, 0.1) is 0 Å². The average molecular weight is 244 g/mol. The molecule has 0 amide bonds. The first-order valence-electron chi connectivity index (χ1n) is 6.67. The van der Waals surface area contributed by atoms with Crippen molar-refractivity contribution >= 4 is 5.82 Å². The van der Waals surface area contributed by atoms with Gasteiger partial charge in [0, 0.05) is 45.0 Å². The van der Waals surface area contributed by atoms with Crippen LogP contribution in [0.4, 0.5) is 5.82 Å². The number of hydrogen-bond acceptors (Lipinski definition) is 4. The van der Waals surface area contributed by atoms with Gasteiger partial charge in [-0.3, -0.25) is 0 Å². The van der Waals surface area contributed by atoms with Crippen LogP contribution in [0.3, 0.4) is 0 Å². The van der Waals surface area contributed by atoms with Gasteiger partial charge in [0.25, 0.3) is 0 Å². The standard InChI is InChI=1S/C14H20N4/c1-2-3-4-5-6-13-14(17-8-7-16-13)18-11-9-15-10-12-18/h7-8,15H,2-4,9-12H2,1H3. The second kappa shape index (κ2) is 6.97. The Labute approximate surface area is 109 Å². The summed E-state index contributed by atoms with van der Waals surface area (Å²) >= 11 is 0. The summed E-state index contributed by atoms with van der Waals surface area (Å²) < 4.78 is 0. The minimum atomic E-state index is 0.815. The minimum Gasteiger partial charge on any atom is -0.352 e. The number of nitrogens with one attached hydrogen (secondary N) is 1. The Morgan fingerprint density at radius 3 is 2.83 bits per heavy atom. The fourth-order valence-corrected chi connectivity index (χ4v) is 1.94. The fraction of sp³-hybridized carbons (Fsp3) is 0.571. The number of nitrogens with zero attached hydrogens (tertiary/aromatic N) is 3. The van der Waals surface area contributed by atoms with Crippen molar-refractivity contribution in [1.29, 1.82) is 0 Å². The molecular weight excluding hydrogens is 224 g/mol. The first kappa shape index (κ1) is 12.8. The van der Waals surface area contributed by atoms with Crippen molar-refractivity contribution in [1.82, 2.24) is 15.3 Å². The Hall–Kier alpha value is -1.60. The van der Waals surface area contributed by atoms with E-state index in [1.54, 1.807) is 12.4 Å². The van der Waals surface area contributed by atoms with E-state index in [0.717, 1.165) is 50.5 Å². The molecule has 0 spiro atoms. The molecule has 2 rings (SSSR count). The smallest absolute Gasteiger partial charge is 0.163 e. The number of aromatic nitrogens is 2. The Balaban J connectivity index is 2.10. The Kier molecular flexibility index (Phi) is 4.98. The molecule has 1 saturated heterocycles. The summed E-state index contributed by atoms with van der Waals surface area (Å²) in [5, 5.41) is 3.34. The van der Waals surface area contributed by atoms with Gasteiger partial charge in [0.2, 0.25) is 0 Å². The molecule has 4 nitrogen and oxygen atoms in total. The number of rotatable bonds is 3. The van der Waals surface area contributed by atoms with Gasteiger partial charge < -0.3 is 10.2 Å². The number of anilines is 1. The maximum Gasteiger partial charge on any atom is 0.163 e. The summed E-state index contributed by atoms with van der Waals surface area (Å²) in [6, 6.07) is 0. The van der Waals surface area contributed by atoms with Gasteiger partial charge in [-0.25, -0.2) is 9.97 Å². The van der Waals surface area contributed by atoms with Crippen LogP contribution in [0.15, 0.2) is 12.4 Å². The van der Waals surface area contributed by atoms with E-state index < -0.39 is 0 Å². The van der Waals surface area contributed by atoms with Crippen LogP contribution in [0.2, 0.25) is 0 Å². The van der Waals surface area contributed by atoms with Crippen molar-refractivity contribution in [3.8, 4) is 11.8 Å². The van der Waals surface area contributed by atoms with Gasteiger partial charge in [-0.15, -0.1) is 0 Å². The molecule has 0 saturated carbocycles. The third kappa shape index (κ3) is 3.44. The van der Waals surface area contributed by atoms with Gasteiger partial charge in [-0.05, 0) is 12.3 Å². The van der Waals surface area contributed by atoms with Crippen molar-refractivity contribution in [3.63, 3.8) is 0 Å². The van der Waals surface area contributed by atoms with Crippen molar-refractivity contribution in [2.75, 3.05) is 31.1 Å². The van der Waals surface area contributed by atoms with Crippen LogP contribution in [-0.2, 0) is 0 Å². The highest BCUT2D eigenvalue weighted by Crippen LogP contribution is 2.14. The third-order valence-electron chi connectivity index (χ3n) is 2.96. The molecule has 0 bridgehead atoms. The summed E-state index contributed by atoms with van der Waals surface area (Å²) in [6.07, 6.45) is 6.73. The van der Waals surface area contributed by atoms with E-state index in [9.17, 15) is 0 Å². The Morgan fingerprint density at radius 2 is 2.06 bits per heavy atom. The molecule has 1 aliphatic rings. The maximum atomic E-state index is 4.43. The Morgan fingerprint density at radius 1 is 1.28 bits per heavy atom. The monoisotopic (exact) mass is 244 g/mol. The van der Waals surface area contributed by atoms with E-state index in [1.807, 2.05) is 0 Å². The van der Waals surface area contributed by atoms with E-state index >= 15 is 0 Å². The number of hydrogen-bond donors (Lipinski definition) is 1. The third-order valence-corrected chi connectivity index (χ3v) is 2.96. The Bertz CT molecular complexity index is 427. The summed E-state index contributed by atoms with van der Waals surface area (Å²) in [7, 11) is 0. The molecule has 2 heterocycles. The topological polar surface area (TPSA) is 41.1 Å². The minimum absolute atomic E-state index is 0.815. The van der Waals surface area contributed by atoms with Gasteiger partial charge in [-0.1, -0.05) is 19.3 Å². The van der Waals surface area contributed by atoms with Gasteiger partial charge in [0.15, 0.2) is 11.5 Å². The summed E-state index contributed by atoms with van der Waals surface area (Å²) in [6.45, 7) is 6.12. The fourth-order valence-electron chi connectivity index (χ4n) is 1.94. The highest BCUT2D eigenvalue weighted by atomic mass is 15.2. The van der Waals surface area contributed by atoms with Gasteiger partial charge in [0.1, 0.15) is 0 Å². The molecule has 96 valence electrons. The van der Waals surface area contributed by atoms with E-state index in [4.69, 9.17) is 0 Å². The molecule has 1 aliphatic heterocycles. The molecule has 1 aromatic rings. The van der Waals surface area contributed by atoms with Crippen LogP contribution in [0.1, 0.15) is 31.9 Å². The predicted molar refractivity (Wildman–Crippen MR) is 73.5 cm³/mol. The van der Waals surface area contributed by atoms with Crippen LogP contribution in [0.5, 0.6) is 0 Å². The van der Waals surface area contributed by atoms with Gasteiger partial charge in [-0.2, -0.15) is 0 Å². The average Bonchev–Trinajstić information content (AvgIpc) is 2.45. The highest BCUT2D eigenvalue weighted by molar-refractivity contribution is 5.51. The molecule has 4 heteroatoms. The second-order valence-corrected chi connectivity index (χ2v) is 4.37. The molecule has 0 aliphatic carbocycles. The molecule has 18 heavy (non-hydrogen) atoms. The SMILES string of the molecule is CCCCC#Cc1nccnc1N1CCNCC1. The highest BCUT2D eigenvalue weighted by Gasteiger charge is 2.14. The zero-order chi connectivity index (χ0) is 12.6. The molecule has 0 radical (unpaired) electrons. The molecule has 0 atom stereocenters. The van der Waals surface area contributed by atoms with E-state index in [0.29, 0.717) is 0 Å². The number of piperazine rings is 1. The first-order valence-corrected chi connectivity index (χ1v) is 6.67. The van der Waals surface area contributed by atoms with Gasteiger partial charge >= 0.3 is 0 Å². The summed E-state index contributed by atoms with van der Waals surface area (Å²) in [5.41, 5.74) is 0.815. The zero-order valence-corrected chi connectivity index (χ0v) is 10.9. The molecule has 0 unspecified atom stereocenters. The van der Waals surface area contributed by atoms with Crippen LogP contribution in [0, 0.1) is 11.8 Å². The zero-order valence-electron chi connectivity index (χ0n) is 10.9. The molecule has 1 fully saturated rings. The molecule has 1 N–H and O–H groups in total. The lowest BCUT2D eigenvalue weighted by atomic mass is 10.2. The van der Waals surface area contributed by atoms with E-state index in [2.05, 4.69) is 38.9 Å². The lowest BCUT2D eigenvalue weighted by molar-refractivity contribution is 0.584. The first-order chi connectivity index (χ1) is 8.92. The normalized spacial score (nSPS) is 15.1. The number of unbranched alkanes of at least 4 members (excludes halogenated alkanes) is 2. The predicted octanol–water partition coefficient (Wildman–Crippen LogP) is 1.43. The lowest BCUT2D eigenvalue weighted by Crippen LogP contribution is -2.44. The molecular formula is C14H20N4. The van der Waals surface area contributed by atoms with Crippen molar-refractivity contribution in [2.45, 2.75) is 26.2 Å². The maximum absolute atomic E-state index is 4.43. The van der Waals surface area contributed by atoms with Crippen LogP contribution >= 0.6 is 0 Å². The van der Waals surface area contributed by atoms with E-state index in [1.165, 1.54) is 6.42 Å². The quantitative estimate of drug-likeness (QED) is 0.645. The van der Waals surface area contributed by atoms with E-state index in [-0.39, 0.29) is 0 Å². The lowest BCUT2D eigenvalue weighted by Gasteiger charge is -2.28. The largest absolute Gasteiger partial charge is 0.352 e. The van der Waals surface area contributed by atoms with Crippen molar-refractivity contribution < 1.29 is 0 Å².